The van der Waals surface area contributed by atoms with E-state index in [9.17, 15) is 0 Å². The highest BCUT2D eigenvalue weighted by Gasteiger charge is 1.94. The van der Waals surface area contributed by atoms with Gasteiger partial charge in [0, 0.05) is 6.54 Å². The third kappa shape index (κ3) is 4.27. The second kappa shape index (κ2) is 5.97. The maximum Gasteiger partial charge on any atom is 0.0681 e. The summed E-state index contributed by atoms with van der Waals surface area (Å²) in [7, 11) is 4.08. The summed E-state index contributed by atoms with van der Waals surface area (Å²) in [5, 5.41) is 8.80. The highest BCUT2D eigenvalue weighted by atomic mass is 35.5. The first-order valence-electron chi connectivity index (χ1n) is 4.06. The molecule has 13 heavy (non-hydrogen) atoms. The van der Waals surface area contributed by atoms with Gasteiger partial charge in [-0.2, -0.15) is 0 Å². The zero-order chi connectivity index (χ0) is 8.97. The van der Waals surface area contributed by atoms with Crippen molar-refractivity contribution in [2.75, 3.05) is 14.1 Å². The van der Waals surface area contributed by atoms with E-state index < -0.39 is 0 Å². The highest BCUT2D eigenvalue weighted by molar-refractivity contribution is 5.85. The average Bonchev–Trinajstić information content (AvgIpc) is 2.05. The van der Waals surface area contributed by atoms with E-state index in [1.54, 1.807) is 0 Å². The van der Waals surface area contributed by atoms with E-state index >= 15 is 0 Å². The first-order chi connectivity index (χ1) is 5.72. The van der Waals surface area contributed by atoms with Crippen LogP contribution in [-0.2, 0) is 13.2 Å². The van der Waals surface area contributed by atoms with Gasteiger partial charge in [-0.1, -0.05) is 24.3 Å². The lowest BCUT2D eigenvalue weighted by Crippen LogP contribution is -2.10. The fourth-order valence-corrected chi connectivity index (χ4v) is 1.12. The molecule has 1 N–H and O–H groups in total. The molecule has 0 unspecified atom stereocenters. The zero-order valence-electron chi connectivity index (χ0n) is 8.03. The molecule has 0 aromatic heterocycles. The van der Waals surface area contributed by atoms with Crippen LogP contribution in [0.5, 0.6) is 0 Å². The summed E-state index contributed by atoms with van der Waals surface area (Å²) in [5.74, 6) is 0. The van der Waals surface area contributed by atoms with Crippen molar-refractivity contribution in [3.8, 4) is 0 Å². The monoisotopic (exact) mass is 201 g/mol. The van der Waals surface area contributed by atoms with Crippen LogP contribution in [-0.4, -0.2) is 24.1 Å². The Kier molecular flexibility index (Phi) is 5.71. The van der Waals surface area contributed by atoms with E-state index in [0.29, 0.717) is 0 Å². The summed E-state index contributed by atoms with van der Waals surface area (Å²) >= 11 is 0. The minimum Gasteiger partial charge on any atom is -0.392 e. The molecule has 0 heterocycles. The van der Waals surface area contributed by atoms with Crippen molar-refractivity contribution < 1.29 is 5.11 Å². The van der Waals surface area contributed by atoms with Gasteiger partial charge in [0.2, 0.25) is 0 Å². The Bertz CT molecular complexity index is 233. The third-order valence-electron chi connectivity index (χ3n) is 1.70. The number of hydrogen-bond donors (Lipinski definition) is 1. The van der Waals surface area contributed by atoms with E-state index in [1.165, 1.54) is 5.56 Å². The van der Waals surface area contributed by atoms with E-state index in [0.717, 1.165) is 12.1 Å². The molecule has 0 aliphatic carbocycles. The van der Waals surface area contributed by atoms with Gasteiger partial charge >= 0.3 is 0 Å². The second-order valence-electron chi connectivity index (χ2n) is 3.21. The summed E-state index contributed by atoms with van der Waals surface area (Å²) in [5.41, 5.74) is 2.25. The summed E-state index contributed by atoms with van der Waals surface area (Å²) < 4.78 is 0. The van der Waals surface area contributed by atoms with Crippen LogP contribution in [0.15, 0.2) is 24.3 Å². The molecule has 2 nitrogen and oxygen atoms in total. The van der Waals surface area contributed by atoms with Gasteiger partial charge in [0.25, 0.3) is 0 Å². The molecule has 0 saturated carbocycles. The maximum atomic E-state index is 8.80. The van der Waals surface area contributed by atoms with Crippen molar-refractivity contribution in [2.24, 2.45) is 0 Å². The Balaban J connectivity index is 0.00000144. The van der Waals surface area contributed by atoms with Gasteiger partial charge in [-0.15, -0.1) is 12.4 Å². The number of nitrogens with zero attached hydrogens (tertiary/aromatic N) is 1. The molecule has 0 amide bonds. The van der Waals surface area contributed by atoms with Gasteiger partial charge in [-0.05, 0) is 25.2 Å². The Morgan fingerprint density at radius 2 is 1.54 bits per heavy atom. The normalized spacial score (nSPS) is 9.85. The largest absolute Gasteiger partial charge is 0.392 e. The van der Waals surface area contributed by atoms with Gasteiger partial charge in [-0.25, -0.2) is 0 Å². The number of hydrogen-bond acceptors (Lipinski definition) is 2. The molecule has 74 valence electrons. The molecular formula is C10H16ClNO. The lowest BCUT2D eigenvalue weighted by Gasteiger charge is -2.09. The molecule has 0 fully saturated rings. The standard InChI is InChI=1S/C10H15NO.ClH/c1-11(2)7-9-3-5-10(8-12)6-4-9;/h3-6,12H,7-8H2,1-2H3;1H. The predicted octanol–water partition coefficient (Wildman–Crippen LogP) is 1.66. The quantitative estimate of drug-likeness (QED) is 0.804. The molecule has 0 aliphatic rings. The first-order valence-corrected chi connectivity index (χ1v) is 4.06. The van der Waals surface area contributed by atoms with Gasteiger partial charge in [0.05, 0.1) is 6.61 Å². The lowest BCUT2D eigenvalue weighted by molar-refractivity contribution is 0.282. The molecule has 3 heteroatoms. The number of halogens is 1. The Morgan fingerprint density at radius 1 is 1.08 bits per heavy atom. The van der Waals surface area contributed by atoms with Gasteiger partial charge in [0.15, 0.2) is 0 Å². The van der Waals surface area contributed by atoms with Crippen molar-refractivity contribution in [3.63, 3.8) is 0 Å². The lowest BCUT2D eigenvalue weighted by atomic mass is 10.1. The van der Waals surface area contributed by atoms with E-state index in [-0.39, 0.29) is 19.0 Å². The van der Waals surface area contributed by atoms with Crippen LogP contribution < -0.4 is 0 Å². The van der Waals surface area contributed by atoms with Crippen LogP contribution in [0.25, 0.3) is 0 Å². The van der Waals surface area contributed by atoms with Crippen LogP contribution in [0.4, 0.5) is 0 Å². The maximum absolute atomic E-state index is 8.80. The van der Waals surface area contributed by atoms with Crippen molar-refractivity contribution >= 4 is 12.4 Å². The van der Waals surface area contributed by atoms with Crippen LogP contribution >= 0.6 is 12.4 Å². The molecule has 0 saturated heterocycles. The summed E-state index contributed by atoms with van der Waals surface area (Å²) in [6, 6.07) is 8.01. The van der Waals surface area contributed by atoms with Crippen molar-refractivity contribution in [3.05, 3.63) is 35.4 Å². The molecule has 1 rings (SSSR count). The number of aliphatic hydroxyl groups excluding tert-OH is 1. The molecule has 0 bridgehead atoms. The summed E-state index contributed by atoms with van der Waals surface area (Å²) in [4.78, 5) is 2.12. The SMILES string of the molecule is CN(C)Cc1ccc(CO)cc1.Cl. The van der Waals surface area contributed by atoms with Crippen LogP contribution in [0, 0.1) is 0 Å². The fourth-order valence-electron chi connectivity index (χ4n) is 1.12. The minimum atomic E-state index is 0. The Morgan fingerprint density at radius 3 is 1.92 bits per heavy atom. The van der Waals surface area contributed by atoms with Gasteiger partial charge in [0.1, 0.15) is 0 Å². The second-order valence-corrected chi connectivity index (χ2v) is 3.21. The molecule has 1 aromatic carbocycles. The van der Waals surface area contributed by atoms with Gasteiger partial charge in [-0.3, -0.25) is 0 Å². The molecule has 0 radical (unpaired) electrons. The minimum absolute atomic E-state index is 0. The third-order valence-corrected chi connectivity index (χ3v) is 1.70. The predicted molar refractivity (Wildman–Crippen MR) is 57.0 cm³/mol. The Labute approximate surface area is 85.6 Å². The first kappa shape index (κ1) is 12.4. The molecule has 0 spiro atoms. The highest BCUT2D eigenvalue weighted by Crippen LogP contribution is 2.05. The van der Waals surface area contributed by atoms with E-state index in [2.05, 4.69) is 4.90 Å². The summed E-state index contributed by atoms with van der Waals surface area (Å²) in [6.07, 6.45) is 0. The number of aliphatic hydroxyl groups is 1. The molecule has 1 aromatic rings. The van der Waals surface area contributed by atoms with E-state index in [4.69, 9.17) is 5.11 Å². The van der Waals surface area contributed by atoms with E-state index in [1.807, 2.05) is 38.4 Å². The summed E-state index contributed by atoms with van der Waals surface area (Å²) in [6.45, 7) is 1.08. The van der Waals surface area contributed by atoms with Crippen LogP contribution in [0.3, 0.4) is 0 Å². The smallest absolute Gasteiger partial charge is 0.0681 e. The van der Waals surface area contributed by atoms with Crippen molar-refractivity contribution in [1.29, 1.82) is 0 Å². The fraction of sp³-hybridized carbons (Fsp3) is 0.400. The number of benzene rings is 1. The van der Waals surface area contributed by atoms with Crippen LogP contribution in [0.1, 0.15) is 11.1 Å². The molecule has 0 atom stereocenters. The van der Waals surface area contributed by atoms with Crippen molar-refractivity contribution in [2.45, 2.75) is 13.2 Å². The Hall–Kier alpha value is -0.570. The average molecular weight is 202 g/mol. The molecule has 0 aliphatic heterocycles. The van der Waals surface area contributed by atoms with Gasteiger partial charge < -0.3 is 10.0 Å². The van der Waals surface area contributed by atoms with Crippen molar-refractivity contribution in [1.82, 2.24) is 4.90 Å². The molecular weight excluding hydrogens is 186 g/mol. The zero-order valence-corrected chi connectivity index (χ0v) is 8.84. The number of rotatable bonds is 3. The van der Waals surface area contributed by atoms with Crippen LogP contribution in [0.2, 0.25) is 0 Å². The topological polar surface area (TPSA) is 23.5 Å².